The van der Waals surface area contributed by atoms with Gasteiger partial charge in [0.25, 0.3) is 0 Å². The third-order valence-electron chi connectivity index (χ3n) is 4.88. The number of phenols is 1. The van der Waals surface area contributed by atoms with Gasteiger partial charge >= 0.3 is 0 Å². The SMILES string of the molecule is CCNC(=NCc1cc(C)c(O)c(C)c1)NC1CCN(c2ncccc2Cl)C1. The van der Waals surface area contributed by atoms with Gasteiger partial charge in [0.1, 0.15) is 11.6 Å². The number of nitrogens with zero attached hydrogens (tertiary/aromatic N) is 3. The molecule has 150 valence electrons. The van der Waals surface area contributed by atoms with E-state index in [4.69, 9.17) is 16.6 Å². The summed E-state index contributed by atoms with van der Waals surface area (Å²) in [5.74, 6) is 1.99. The molecule has 3 N–H and O–H groups in total. The molecule has 1 fully saturated rings. The fraction of sp³-hybridized carbons (Fsp3) is 0.429. The normalized spacial score (nSPS) is 17.1. The van der Waals surface area contributed by atoms with Gasteiger partial charge in [-0.05, 0) is 56.0 Å². The van der Waals surface area contributed by atoms with E-state index < -0.39 is 0 Å². The molecule has 0 spiro atoms. The van der Waals surface area contributed by atoms with Gasteiger partial charge in [-0.15, -0.1) is 0 Å². The Morgan fingerprint density at radius 3 is 2.79 bits per heavy atom. The van der Waals surface area contributed by atoms with E-state index in [1.165, 1.54) is 0 Å². The molecule has 1 aliphatic heterocycles. The fourth-order valence-corrected chi connectivity index (χ4v) is 3.74. The molecule has 0 amide bonds. The number of hydrogen-bond donors (Lipinski definition) is 3. The predicted molar refractivity (Wildman–Crippen MR) is 115 cm³/mol. The summed E-state index contributed by atoms with van der Waals surface area (Å²) >= 11 is 6.28. The van der Waals surface area contributed by atoms with E-state index in [0.29, 0.717) is 17.3 Å². The number of anilines is 1. The number of pyridine rings is 1. The number of nitrogens with one attached hydrogen (secondary N) is 2. The van der Waals surface area contributed by atoms with Crippen molar-refractivity contribution in [2.45, 2.75) is 39.8 Å². The molecule has 0 radical (unpaired) electrons. The summed E-state index contributed by atoms with van der Waals surface area (Å²) < 4.78 is 0. The number of halogens is 1. The maximum atomic E-state index is 9.94. The van der Waals surface area contributed by atoms with Crippen LogP contribution in [0.4, 0.5) is 5.82 Å². The smallest absolute Gasteiger partial charge is 0.191 e. The van der Waals surface area contributed by atoms with E-state index in [1.54, 1.807) is 6.20 Å². The van der Waals surface area contributed by atoms with Gasteiger partial charge in [-0.2, -0.15) is 0 Å². The summed E-state index contributed by atoms with van der Waals surface area (Å²) in [4.78, 5) is 11.3. The lowest BCUT2D eigenvalue weighted by molar-refractivity contribution is 0.466. The minimum absolute atomic E-state index is 0.277. The van der Waals surface area contributed by atoms with Gasteiger partial charge < -0.3 is 20.6 Å². The standard InChI is InChI=1S/C21H28ClN5O/c1-4-23-21(25-12-16-10-14(2)19(28)15(3)11-16)26-17-7-9-27(13-17)20-18(22)6-5-8-24-20/h5-6,8,10-11,17,28H,4,7,9,12-13H2,1-3H3,(H2,23,25,26). The van der Waals surface area contributed by atoms with E-state index in [0.717, 1.165) is 54.5 Å². The van der Waals surface area contributed by atoms with Gasteiger partial charge in [-0.1, -0.05) is 23.7 Å². The van der Waals surface area contributed by atoms with Crippen LogP contribution in [0.15, 0.2) is 35.5 Å². The summed E-state index contributed by atoms with van der Waals surface area (Å²) in [5.41, 5.74) is 2.84. The number of benzene rings is 1. The average Bonchev–Trinajstić information content (AvgIpc) is 3.13. The van der Waals surface area contributed by atoms with Crippen molar-refractivity contribution in [3.63, 3.8) is 0 Å². The monoisotopic (exact) mass is 401 g/mol. The van der Waals surface area contributed by atoms with Crippen molar-refractivity contribution in [3.05, 3.63) is 52.2 Å². The first-order valence-corrected chi connectivity index (χ1v) is 10.0. The number of phenolic OH excluding ortho intramolecular Hbond substituents is 1. The molecule has 1 aromatic heterocycles. The Morgan fingerprint density at radius 1 is 1.36 bits per heavy atom. The molecule has 0 saturated carbocycles. The Labute approximate surface area is 171 Å². The van der Waals surface area contributed by atoms with E-state index in [9.17, 15) is 5.11 Å². The number of hydrogen-bond acceptors (Lipinski definition) is 4. The van der Waals surface area contributed by atoms with Gasteiger partial charge in [0, 0.05) is 31.9 Å². The van der Waals surface area contributed by atoms with E-state index in [2.05, 4.69) is 27.4 Å². The van der Waals surface area contributed by atoms with Crippen LogP contribution in [0.2, 0.25) is 5.02 Å². The van der Waals surface area contributed by atoms with Crippen molar-refractivity contribution >= 4 is 23.4 Å². The first kappa shape index (κ1) is 20.3. The maximum absolute atomic E-state index is 9.94. The highest BCUT2D eigenvalue weighted by atomic mass is 35.5. The van der Waals surface area contributed by atoms with Crippen molar-refractivity contribution in [1.82, 2.24) is 15.6 Å². The molecule has 0 aliphatic carbocycles. The van der Waals surface area contributed by atoms with Gasteiger partial charge in [0.2, 0.25) is 0 Å². The molecule has 1 aliphatic rings. The first-order chi connectivity index (χ1) is 13.5. The quantitative estimate of drug-likeness (QED) is 0.529. The molecule has 1 saturated heterocycles. The molecule has 1 aromatic carbocycles. The Bertz CT molecular complexity index is 831. The Kier molecular flexibility index (Phi) is 6.62. The third-order valence-corrected chi connectivity index (χ3v) is 5.18. The number of aromatic nitrogens is 1. The van der Waals surface area contributed by atoms with Crippen molar-refractivity contribution in [2.24, 2.45) is 4.99 Å². The van der Waals surface area contributed by atoms with Crippen LogP contribution in [-0.4, -0.2) is 41.7 Å². The molecular formula is C21H28ClN5O. The second-order valence-corrected chi connectivity index (χ2v) is 7.57. The molecule has 7 heteroatoms. The second-order valence-electron chi connectivity index (χ2n) is 7.16. The first-order valence-electron chi connectivity index (χ1n) is 9.67. The molecule has 1 atom stereocenters. The van der Waals surface area contributed by atoms with Crippen LogP contribution in [0.1, 0.15) is 30.0 Å². The topological polar surface area (TPSA) is 72.8 Å². The Hall–Kier alpha value is -2.47. The number of rotatable bonds is 5. The van der Waals surface area contributed by atoms with Gasteiger partial charge in [-0.25, -0.2) is 9.98 Å². The number of aromatic hydroxyl groups is 1. The van der Waals surface area contributed by atoms with Crippen molar-refractivity contribution in [2.75, 3.05) is 24.5 Å². The zero-order valence-electron chi connectivity index (χ0n) is 16.7. The molecular weight excluding hydrogens is 374 g/mol. The van der Waals surface area contributed by atoms with E-state index in [-0.39, 0.29) is 6.04 Å². The molecule has 1 unspecified atom stereocenters. The van der Waals surface area contributed by atoms with E-state index >= 15 is 0 Å². The average molecular weight is 402 g/mol. The lowest BCUT2D eigenvalue weighted by Crippen LogP contribution is -2.44. The summed E-state index contributed by atoms with van der Waals surface area (Å²) in [6.07, 6.45) is 2.77. The van der Waals surface area contributed by atoms with Crippen LogP contribution in [0.5, 0.6) is 5.75 Å². The van der Waals surface area contributed by atoms with Crippen LogP contribution in [0, 0.1) is 13.8 Å². The lowest BCUT2D eigenvalue weighted by atomic mass is 10.1. The van der Waals surface area contributed by atoms with Crippen molar-refractivity contribution in [3.8, 4) is 5.75 Å². The second kappa shape index (κ2) is 9.15. The van der Waals surface area contributed by atoms with Crippen molar-refractivity contribution in [1.29, 1.82) is 0 Å². The van der Waals surface area contributed by atoms with Gasteiger partial charge in [0.05, 0.1) is 11.6 Å². The van der Waals surface area contributed by atoms with Gasteiger partial charge in [-0.3, -0.25) is 0 Å². The molecule has 28 heavy (non-hydrogen) atoms. The summed E-state index contributed by atoms with van der Waals surface area (Å²) in [5, 5.41) is 17.5. The van der Waals surface area contributed by atoms with Crippen LogP contribution >= 0.6 is 11.6 Å². The molecule has 0 bridgehead atoms. The fourth-order valence-electron chi connectivity index (χ4n) is 3.50. The minimum Gasteiger partial charge on any atom is -0.507 e. The van der Waals surface area contributed by atoms with Crippen LogP contribution < -0.4 is 15.5 Å². The summed E-state index contributed by atoms with van der Waals surface area (Å²) in [6.45, 7) is 8.97. The van der Waals surface area contributed by atoms with Gasteiger partial charge in [0.15, 0.2) is 5.96 Å². The summed E-state index contributed by atoms with van der Waals surface area (Å²) in [7, 11) is 0. The zero-order chi connectivity index (χ0) is 20.1. The largest absolute Gasteiger partial charge is 0.507 e. The highest BCUT2D eigenvalue weighted by molar-refractivity contribution is 6.32. The Morgan fingerprint density at radius 2 is 2.11 bits per heavy atom. The predicted octanol–water partition coefficient (Wildman–Crippen LogP) is 3.39. The molecule has 2 heterocycles. The van der Waals surface area contributed by atoms with E-state index in [1.807, 2.05) is 38.1 Å². The number of guanidine groups is 1. The molecule has 6 nitrogen and oxygen atoms in total. The highest BCUT2D eigenvalue weighted by Crippen LogP contribution is 2.26. The molecule has 2 aromatic rings. The van der Waals surface area contributed by atoms with Crippen LogP contribution in [0.25, 0.3) is 0 Å². The minimum atomic E-state index is 0.277. The third kappa shape index (κ3) is 4.87. The molecule has 3 rings (SSSR count). The van der Waals surface area contributed by atoms with Crippen LogP contribution in [-0.2, 0) is 6.54 Å². The summed E-state index contributed by atoms with van der Waals surface area (Å²) in [6, 6.07) is 7.96. The van der Waals surface area contributed by atoms with Crippen molar-refractivity contribution < 1.29 is 5.11 Å². The van der Waals surface area contributed by atoms with Crippen LogP contribution in [0.3, 0.4) is 0 Å². The number of aliphatic imine (C=N–C) groups is 1. The highest BCUT2D eigenvalue weighted by Gasteiger charge is 2.25. The zero-order valence-corrected chi connectivity index (χ0v) is 17.4. The lowest BCUT2D eigenvalue weighted by Gasteiger charge is -2.20. The maximum Gasteiger partial charge on any atom is 0.191 e. The Balaban J connectivity index is 1.65. The number of aryl methyl sites for hydroxylation is 2.